The fourth-order valence-corrected chi connectivity index (χ4v) is 3.39. The summed E-state index contributed by atoms with van der Waals surface area (Å²) in [5.41, 5.74) is 0. The standard InChI is InChI=1S/C16H26N2O4/c19-15(20)10-18(9-11-4-5-11)13-7-12(8-13)17-16(21)14-3-1-2-6-22-14/h11-14H,1-10H2,(H,17,21)(H,19,20)/t12?,13?,14-/m0/s1. The molecule has 1 amide bonds. The van der Waals surface area contributed by atoms with Gasteiger partial charge in [0.05, 0.1) is 6.54 Å². The molecule has 6 nitrogen and oxygen atoms in total. The topological polar surface area (TPSA) is 78.9 Å². The molecule has 1 heterocycles. The Morgan fingerprint density at radius 2 is 1.95 bits per heavy atom. The Morgan fingerprint density at radius 1 is 1.18 bits per heavy atom. The number of hydrogen-bond acceptors (Lipinski definition) is 4. The zero-order chi connectivity index (χ0) is 15.5. The van der Waals surface area contributed by atoms with Gasteiger partial charge in [-0.3, -0.25) is 14.5 Å². The normalized spacial score (nSPS) is 31.6. The Balaban J connectivity index is 1.41. The SMILES string of the molecule is O=C(O)CN(CC1CC1)C1CC(NC(=O)[C@@H]2CCCCO2)C1. The molecule has 0 radical (unpaired) electrons. The van der Waals surface area contributed by atoms with Crippen molar-refractivity contribution in [2.45, 2.75) is 63.1 Å². The highest BCUT2D eigenvalue weighted by molar-refractivity contribution is 5.81. The van der Waals surface area contributed by atoms with Crippen LogP contribution in [0.1, 0.15) is 44.9 Å². The number of carboxylic acid groups (broad SMARTS) is 1. The number of hydrogen-bond donors (Lipinski definition) is 2. The molecule has 6 heteroatoms. The van der Waals surface area contributed by atoms with E-state index >= 15 is 0 Å². The molecule has 0 bridgehead atoms. The molecule has 0 aromatic rings. The van der Waals surface area contributed by atoms with Crippen LogP contribution >= 0.6 is 0 Å². The number of rotatable bonds is 7. The molecule has 2 saturated carbocycles. The van der Waals surface area contributed by atoms with E-state index in [-0.39, 0.29) is 24.6 Å². The average Bonchev–Trinajstić information content (AvgIpc) is 3.26. The zero-order valence-electron chi connectivity index (χ0n) is 13.0. The summed E-state index contributed by atoms with van der Waals surface area (Å²) < 4.78 is 5.50. The molecule has 1 atom stereocenters. The van der Waals surface area contributed by atoms with Crippen molar-refractivity contribution >= 4 is 11.9 Å². The van der Waals surface area contributed by atoms with Crippen molar-refractivity contribution in [1.82, 2.24) is 10.2 Å². The summed E-state index contributed by atoms with van der Waals surface area (Å²) in [6.07, 6.45) is 6.80. The summed E-state index contributed by atoms with van der Waals surface area (Å²) >= 11 is 0. The fraction of sp³-hybridized carbons (Fsp3) is 0.875. The van der Waals surface area contributed by atoms with Gasteiger partial charge in [0, 0.05) is 25.2 Å². The number of ether oxygens (including phenoxy) is 1. The Hall–Kier alpha value is -1.14. The van der Waals surface area contributed by atoms with Crippen LogP contribution in [0.25, 0.3) is 0 Å². The Bertz CT molecular complexity index is 412. The third-order valence-electron chi connectivity index (χ3n) is 4.98. The molecule has 2 aliphatic carbocycles. The Labute approximate surface area is 131 Å². The van der Waals surface area contributed by atoms with Gasteiger partial charge in [-0.25, -0.2) is 0 Å². The molecule has 0 spiro atoms. The summed E-state index contributed by atoms with van der Waals surface area (Å²) in [7, 11) is 0. The second kappa shape index (κ2) is 6.96. The van der Waals surface area contributed by atoms with Crippen LogP contribution in [-0.4, -0.2) is 59.8 Å². The maximum Gasteiger partial charge on any atom is 0.317 e. The molecule has 22 heavy (non-hydrogen) atoms. The lowest BCUT2D eigenvalue weighted by Gasteiger charge is -2.43. The number of carbonyl (C=O) groups excluding carboxylic acids is 1. The predicted molar refractivity (Wildman–Crippen MR) is 80.5 cm³/mol. The molecule has 3 rings (SSSR count). The first kappa shape index (κ1) is 15.7. The number of nitrogens with one attached hydrogen (secondary N) is 1. The van der Waals surface area contributed by atoms with E-state index < -0.39 is 5.97 Å². The maximum absolute atomic E-state index is 12.1. The third-order valence-corrected chi connectivity index (χ3v) is 4.98. The first-order valence-electron chi connectivity index (χ1n) is 8.49. The van der Waals surface area contributed by atoms with E-state index in [0.717, 1.165) is 38.6 Å². The average molecular weight is 310 g/mol. The van der Waals surface area contributed by atoms with Gasteiger partial charge in [-0.15, -0.1) is 0 Å². The first-order valence-corrected chi connectivity index (χ1v) is 8.49. The minimum absolute atomic E-state index is 0.00938. The highest BCUT2D eigenvalue weighted by Crippen LogP contribution is 2.33. The number of carboxylic acids is 1. The van der Waals surface area contributed by atoms with Crippen LogP contribution in [0.4, 0.5) is 0 Å². The zero-order valence-corrected chi connectivity index (χ0v) is 13.0. The number of carbonyl (C=O) groups is 2. The van der Waals surface area contributed by atoms with E-state index in [1.54, 1.807) is 0 Å². The molecule has 0 aromatic heterocycles. The van der Waals surface area contributed by atoms with Gasteiger partial charge in [-0.05, 0) is 50.9 Å². The summed E-state index contributed by atoms with van der Waals surface area (Å²) in [5.74, 6) is -0.0671. The van der Waals surface area contributed by atoms with Crippen LogP contribution in [0.15, 0.2) is 0 Å². The van der Waals surface area contributed by atoms with E-state index in [0.29, 0.717) is 18.6 Å². The minimum atomic E-state index is -0.760. The van der Waals surface area contributed by atoms with Gasteiger partial charge in [-0.1, -0.05) is 0 Å². The molecule has 3 aliphatic rings. The van der Waals surface area contributed by atoms with Gasteiger partial charge in [0.25, 0.3) is 0 Å². The summed E-state index contributed by atoms with van der Waals surface area (Å²) in [5, 5.41) is 12.1. The van der Waals surface area contributed by atoms with Crippen LogP contribution in [0.3, 0.4) is 0 Å². The minimum Gasteiger partial charge on any atom is -0.480 e. The molecule has 2 N–H and O–H groups in total. The molecule has 1 aliphatic heterocycles. The predicted octanol–water partition coefficient (Wildman–Crippen LogP) is 0.999. The van der Waals surface area contributed by atoms with Gasteiger partial charge >= 0.3 is 5.97 Å². The van der Waals surface area contributed by atoms with Crippen molar-refractivity contribution < 1.29 is 19.4 Å². The second-order valence-electron chi connectivity index (χ2n) is 6.95. The lowest BCUT2D eigenvalue weighted by atomic mass is 9.85. The van der Waals surface area contributed by atoms with E-state index in [4.69, 9.17) is 9.84 Å². The van der Waals surface area contributed by atoms with Gasteiger partial charge < -0.3 is 15.2 Å². The summed E-state index contributed by atoms with van der Waals surface area (Å²) in [6.45, 7) is 1.69. The highest BCUT2D eigenvalue weighted by Gasteiger charge is 2.38. The van der Waals surface area contributed by atoms with Crippen LogP contribution < -0.4 is 5.32 Å². The van der Waals surface area contributed by atoms with Crippen molar-refractivity contribution in [3.05, 3.63) is 0 Å². The third kappa shape index (κ3) is 4.20. The largest absolute Gasteiger partial charge is 0.480 e. The Kier molecular flexibility index (Phi) is 4.98. The van der Waals surface area contributed by atoms with E-state index in [1.165, 1.54) is 12.8 Å². The van der Waals surface area contributed by atoms with Gasteiger partial charge in [0.15, 0.2) is 0 Å². The maximum atomic E-state index is 12.1. The number of aliphatic carboxylic acids is 1. The smallest absolute Gasteiger partial charge is 0.317 e. The molecule has 3 fully saturated rings. The van der Waals surface area contributed by atoms with Crippen LogP contribution in [0, 0.1) is 5.92 Å². The van der Waals surface area contributed by atoms with Crippen molar-refractivity contribution in [1.29, 1.82) is 0 Å². The molecule has 124 valence electrons. The quantitative estimate of drug-likeness (QED) is 0.733. The number of nitrogens with zero attached hydrogens (tertiary/aromatic N) is 1. The van der Waals surface area contributed by atoms with Gasteiger partial charge in [0.2, 0.25) is 5.91 Å². The number of amides is 1. The van der Waals surface area contributed by atoms with Gasteiger partial charge in [-0.2, -0.15) is 0 Å². The van der Waals surface area contributed by atoms with Crippen LogP contribution in [0.5, 0.6) is 0 Å². The lowest BCUT2D eigenvalue weighted by Crippen LogP contribution is -2.56. The molecule has 1 saturated heterocycles. The fourth-order valence-electron chi connectivity index (χ4n) is 3.39. The summed E-state index contributed by atoms with van der Waals surface area (Å²) in [4.78, 5) is 25.2. The van der Waals surface area contributed by atoms with Gasteiger partial charge in [0.1, 0.15) is 6.10 Å². The van der Waals surface area contributed by atoms with Crippen LogP contribution in [-0.2, 0) is 14.3 Å². The highest BCUT2D eigenvalue weighted by atomic mass is 16.5. The van der Waals surface area contributed by atoms with E-state index in [9.17, 15) is 9.59 Å². The monoisotopic (exact) mass is 310 g/mol. The van der Waals surface area contributed by atoms with E-state index in [1.807, 2.05) is 0 Å². The molecular formula is C16H26N2O4. The lowest BCUT2D eigenvalue weighted by molar-refractivity contribution is -0.141. The van der Waals surface area contributed by atoms with Crippen molar-refractivity contribution in [2.24, 2.45) is 5.92 Å². The first-order chi connectivity index (χ1) is 10.6. The molecule has 0 unspecified atom stereocenters. The van der Waals surface area contributed by atoms with Crippen LogP contribution in [0.2, 0.25) is 0 Å². The summed E-state index contributed by atoms with van der Waals surface area (Å²) in [6, 6.07) is 0.479. The molecular weight excluding hydrogens is 284 g/mol. The van der Waals surface area contributed by atoms with Crippen molar-refractivity contribution in [3.8, 4) is 0 Å². The van der Waals surface area contributed by atoms with Crippen molar-refractivity contribution in [2.75, 3.05) is 19.7 Å². The molecule has 0 aromatic carbocycles. The van der Waals surface area contributed by atoms with Crippen molar-refractivity contribution in [3.63, 3.8) is 0 Å². The Morgan fingerprint density at radius 3 is 2.55 bits per heavy atom. The van der Waals surface area contributed by atoms with E-state index in [2.05, 4.69) is 10.2 Å². The second-order valence-corrected chi connectivity index (χ2v) is 6.95.